The number of rotatable bonds is 7. The molecule has 1 aliphatic rings. The number of ether oxygens (including phenoxy) is 1. The van der Waals surface area contributed by atoms with E-state index in [1.54, 1.807) is 0 Å². The van der Waals surface area contributed by atoms with E-state index in [0.717, 1.165) is 31.2 Å². The molecule has 1 aromatic rings. The van der Waals surface area contributed by atoms with Gasteiger partial charge in [-0.15, -0.1) is 0 Å². The van der Waals surface area contributed by atoms with E-state index in [1.807, 2.05) is 26.0 Å². The van der Waals surface area contributed by atoms with Crippen molar-refractivity contribution in [3.8, 4) is 0 Å². The Labute approximate surface area is 149 Å². The van der Waals surface area contributed by atoms with Crippen molar-refractivity contribution in [1.82, 2.24) is 0 Å². The zero-order valence-electron chi connectivity index (χ0n) is 15.1. The van der Waals surface area contributed by atoms with Gasteiger partial charge in [0, 0.05) is 0 Å². The lowest BCUT2D eigenvalue weighted by molar-refractivity contribution is -0.150. The van der Waals surface area contributed by atoms with Gasteiger partial charge in [0.2, 0.25) is 0 Å². The fourth-order valence-corrected chi connectivity index (χ4v) is 3.30. The maximum Gasteiger partial charge on any atom is 0.320 e. The third-order valence-corrected chi connectivity index (χ3v) is 4.84. The molecular weight excluding hydrogens is 318 g/mol. The number of hydrogen-bond donors (Lipinski definition) is 2. The molecule has 0 amide bonds. The number of benzene rings is 1. The van der Waals surface area contributed by atoms with Crippen molar-refractivity contribution in [2.75, 3.05) is 6.61 Å². The maximum absolute atomic E-state index is 12.1. The van der Waals surface area contributed by atoms with E-state index in [-0.39, 0.29) is 11.9 Å². The Balaban J connectivity index is 1.84. The minimum Gasteiger partial charge on any atom is -0.480 e. The lowest BCUT2D eigenvalue weighted by Gasteiger charge is -2.28. The van der Waals surface area contributed by atoms with Crippen molar-refractivity contribution in [2.45, 2.75) is 57.9 Å². The lowest BCUT2D eigenvalue weighted by atomic mass is 9.78. The van der Waals surface area contributed by atoms with Crippen LogP contribution in [0.1, 0.15) is 56.6 Å². The Bertz CT molecular complexity index is 574. The summed E-state index contributed by atoms with van der Waals surface area (Å²) in [6.45, 7) is 4.58. The predicted octanol–water partition coefficient (Wildman–Crippen LogP) is 3.11. The number of carbonyl (C=O) groups is 2. The van der Waals surface area contributed by atoms with Gasteiger partial charge >= 0.3 is 11.9 Å². The molecule has 0 aliphatic heterocycles. The molecule has 138 valence electrons. The molecule has 5 heteroatoms. The number of nitrogens with two attached hydrogens (primary N) is 1. The molecule has 0 radical (unpaired) electrons. The third-order valence-electron chi connectivity index (χ3n) is 4.84. The number of carbonyl (C=O) groups excluding carboxylic acids is 1. The molecule has 0 bridgehead atoms. The fraction of sp³-hybridized carbons (Fsp3) is 0.600. The van der Waals surface area contributed by atoms with Crippen LogP contribution in [0, 0.1) is 11.8 Å². The first-order valence-electron chi connectivity index (χ1n) is 9.10. The van der Waals surface area contributed by atoms with Gasteiger partial charge in [0.25, 0.3) is 0 Å². The number of carboxylic acid groups (broad SMARTS) is 1. The van der Waals surface area contributed by atoms with E-state index >= 15 is 0 Å². The summed E-state index contributed by atoms with van der Waals surface area (Å²) in [4.78, 5) is 22.9. The van der Waals surface area contributed by atoms with Crippen LogP contribution < -0.4 is 5.73 Å². The van der Waals surface area contributed by atoms with Gasteiger partial charge < -0.3 is 15.6 Å². The van der Waals surface area contributed by atoms with E-state index in [1.165, 1.54) is 5.56 Å². The second-order valence-corrected chi connectivity index (χ2v) is 7.46. The minimum absolute atomic E-state index is 0.0304. The molecule has 1 atom stereocenters. The van der Waals surface area contributed by atoms with Gasteiger partial charge in [0.15, 0.2) is 0 Å². The van der Waals surface area contributed by atoms with Gasteiger partial charge in [-0.3, -0.25) is 9.59 Å². The van der Waals surface area contributed by atoms with Gasteiger partial charge in [0.1, 0.15) is 6.04 Å². The third kappa shape index (κ3) is 5.85. The molecule has 0 aromatic heterocycles. The van der Waals surface area contributed by atoms with Crippen LogP contribution in [-0.2, 0) is 20.7 Å². The largest absolute Gasteiger partial charge is 0.480 e. The Hall–Kier alpha value is -1.88. The molecule has 1 saturated carbocycles. The van der Waals surface area contributed by atoms with E-state index in [4.69, 9.17) is 15.6 Å². The van der Waals surface area contributed by atoms with Crippen molar-refractivity contribution in [3.63, 3.8) is 0 Å². The number of esters is 1. The number of hydrogen-bond acceptors (Lipinski definition) is 4. The Morgan fingerprint density at radius 1 is 1.16 bits per heavy atom. The van der Waals surface area contributed by atoms with Crippen LogP contribution in [0.4, 0.5) is 0 Å². The van der Waals surface area contributed by atoms with Crippen molar-refractivity contribution in [3.05, 3.63) is 35.4 Å². The molecule has 1 aromatic carbocycles. The van der Waals surface area contributed by atoms with Gasteiger partial charge in [-0.1, -0.05) is 38.1 Å². The molecule has 1 fully saturated rings. The molecule has 1 aliphatic carbocycles. The van der Waals surface area contributed by atoms with E-state index in [9.17, 15) is 9.59 Å². The van der Waals surface area contributed by atoms with Gasteiger partial charge in [-0.2, -0.15) is 0 Å². The first kappa shape index (κ1) is 19.4. The molecule has 3 N–H and O–H groups in total. The zero-order chi connectivity index (χ0) is 18.4. The molecule has 0 spiro atoms. The number of carboxylic acids is 1. The highest BCUT2D eigenvalue weighted by Gasteiger charge is 2.28. The summed E-state index contributed by atoms with van der Waals surface area (Å²) in [6.07, 6.45) is 4.04. The highest BCUT2D eigenvalue weighted by Crippen LogP contribution is 2.36. The van der Waals surface area contributed by atoms with Crippen LogP contribution in [0.15, 0.2) is 24.3 Å². The monoisotopic (exact) mass is 347 g/mol. The van der Waals surface area contributed by atoms with Crippen LogP contribution >= 0.6 is 0 Å². The Morgan fingerprint density at radius 3 is 2.28 bits per heavy atom. The van der Waals surface area contributed by atoms with Crippen LogP contribution in [0.25, 0.3) is 0 Å². The molecular formula is C20H29NO4. The van der Waals surface area contributed by atoms with Crippen LogP contribution in [-0.4, -0.2) is 29.7 Å². The molecule has 5 nitrogen and oxygen atoms in total. The second-order valence-electron chi connectivity index (χ2n) is 7.46. The van der Waals surface area contributed by atoms with Crippen molar-refractivity contribution in [2.24, 2.45) is 17.6 Å². The highest BCUT2D eigenvalue weighted by molar-refractivity contribution is 5.73. The Kier molecular flexibility index (Phi) is 7.00. The van der Waals surface area contributed by atoms with E-state index in [2.05, 4.69) is 12.1 Å². The maximum atomic E-state index is 12.1. The molecule has 0 heterocycles. The van der Waals surface area contributed by atoms with Crippen LogP contribution in [0.5, 0.6) is 0 Å². The standard InChI is InChI=1S/C20H29NO4/c1-13(2)12-25-20(24)17-9-7-16(8-10-17)15-5-3-14(4-6-15)11-18(21)19(22)23/h3-6,13,16-18H,7-12,21H2,1-2H3,(H,22,23)/t16?,17?,18-/m0/s1. The average molecular weight is 347 g/mol. The lowest BCUT2D eigenvalue weighted by Crippen LogP contribution is -2.32. The Morgan fingerprint density at radius 2 is 1.76 bits per heavy atom. The quantitative estimate of drug-likeness (QED) is 0.740. The smallest absolute Gasteiger partial charge is 0.320 e. The molecule has 0 unspecified atom stereocenters. The first-order valence-corrected chi connectivity index (χ1v) is 9.10. The fourth-order valence-electron chi connectivity index (χ4n) is 3.30. The summed E-state index contributed by atoms with van der Waals surface area (Å²) in [7, 11) is 0. The van der Waals surface area contributed by atoms with Crippen molar-refractivity contribution >= 4 is 11.9 Å². The van der Waals surface area contributed by atoms with E-state index < -0.39 is 12.0 Å². The molecule has 25 heavy (non-hydrogen) atoms. The topological polar surface area (TPSA) is 89.6 Å². The van der Waals surface area contributed by atoms with Gasteiger partial charge in [0.05, 0.1) is 12.5 Å². The normalized spacial score (nSPS) is 21.8. The predicted molar refractivity (Wildman–Crippen MR) is 96.3 cm³/mol. The SMILES string of the molecule is CC(C)COC(=O)C1CCC(c2ccc(C[C@H](N)C(=O)O)cc2)CC1. The van der Waals surface area contributed by atoms with Crippen LogP contribution in [0.3, 0.4) is 0 Å². The van der Waals surface area contributed by atoms with E-state index in [0.29, 0.717) is 24.9 Å². The molecule has 0 saturated heterocycles. The van der Waals surface area contributed by atoms with Crippen molar-refractivity contribution in [1.29, 1.82) is 0 Å². The van der Waals surface area contributed by atoms with Gasteiger partial charge in [-0.05, 0) is 55.1 Å². The van der Waals surface area contributed by atoms with Gasteiger partial charge in [-0.25, -0.2) is 0 Å². The second kappa shape index (κ2) is 8.99. The summed E-state index contributed by atoms with van der Waals surface area (Å²) in [5, 5.41) is 8.88. The number of aliphatic carboxylic acids is 1. The summed E-state index contributed by atoms with van der Waals surface area (Å²) >= 11 is 0. The van der Waals surface area contributed by atoms with Crippen LogP contribution in [0.2, 0.25) is 0 Å². The zero-order valence-corrected chi connectivity index (χ0v) is 15.1. The highest BCUT2D eigenvalue weighted by atomic mass is 16.5. The summed E-state index contributed by atoms with van der Waals surface area (Å²) < 4.78 is 5.36. The summed E-state index contributed by atoms with van der Waals surface area (Å²) in [5.41, 5.74) is 7.76. The average Bonchev–Trinajstić information content (AvgIpc) is 2.60. The van der Waals surface area contributed by atoms with Crippen molar-refractivity contribution < 1.29 is 19.4 Å². The minimum atomic E-state index is -0.980. The first-order chi connectivity index (χ1) is 11.9. The summed E-state index contributed by atoms with van der Waals surface area (Å²) in [5.74, 6) is -0.177. The summed E-state index contributed by atoms with van der Waals surface area (Å²) in [6, 6.07) is 7.18. The molecule has 2 rings (SSSR count).